The molecule has 0 heterocycles. The van der Waals surface area contributed by atoms with Crippen molar-refractivity contribution < 1.29 is 9.53 Å². The molecule has 5 heteroatoms. The number of nitrogens with one attached hydrogen (secondary N) is 1. The lowest BCUT2D eigenvalue weighted by Gasteiger charge is -2.23. The van der Waals surface area contributed by atoms with E-state index in [2.05, 4.69) is 5.32 Å². The van der Waals surface area contributed by atoms with Gasteiger partial charge in [-0.25, -0.2) is 0 Å². The van der Waals surface area contributed by atoms with E-state index in [1.807, 2.05) is 49.1 Å². The van der Waals surface area contributed by atoms with Crippen LogP contribution in [0.3, 0.4) is 0 Å². The van der Waals surface area contributed by atoms with Crippen molar-refractivity contribution in [3.63, 3.8) is 0 Å². The molecule has 0 unspecified atom stereocenters. The second kappa shape index (κ2) is 8.29. The molecule has 0 aliphatic carbocycles. The van der Waals surface area contributed by atoms with E-state index in [4.69, 9.17) is 17.0 Å². The van der Waals surface area contributed by atoms with Crippen molar-refractivity contribution in [1.82, 2.24) is 5.32 Å². The van der Waals surface area contributed by atoms with Crippen molar-refractivity contribution >= 4 is 28.9 Å². The average Bonchev–Trinajstić information content (AvgIpc) is 2.57. The Morgan fingerprint density at radius 3 is 2.30 bits per heavy atom. The topological polar surface area (TPSA) is 41.6 Å². The summed E-state index contributed by atoms with van der Waals surface area (Å²) in [5.41, 5.74) is 1.49. The lowest BCUT2D eigenvalue weighted by atomic mass is 10.2. The van der Waals surface area contributed by atoms with Crippen molar-refractivity contribution in [1.29, 1.82) is 0 Å². The Morgan fingerprint density at radius 2 is 1.74 bits per heavy atom. The minimum absolute atomic E-state index is 0.229. The molecule has 0 saturated heterocycles. The SMILES string of the molecule is CCOc1ccc(C(=O)NC(=S)N(CC)c2ccccc2)cc1. The first-order valence-corrected chi connectivity index (χ1v) is 7.97. The molecule has 0 aliphatic rings. The molecule has 0 spiro atoms. The van der Waals surface area contributed by atoms with Gasteiger partial charge in [0.1, 0.15) is 5.75 Å². The molecule has 0 aromatic heterocycles. The molecule has 2 aromatic carbocycles. The smallest absolute Gasteiger partial charge is 0.257 e. The summed E-state index contributed by atoms with van der Waals surface area (Å²) < 4.78 is 5.37. The number of amides is 1. The molecular weight excluding hydrogens is 308 g/mol. The van der Waals surface area contributed by atoms with Crippen LogP contribution < -0.4 is 15.0 Å². The fraction of sp³-hybridized carbons (Fsp3) is 0.222. The molecule has 0 bridgehead atoms. The third kappa shape index (κ3) is 4.53. The highest BCUT2D eigenvalue weighted by Crippen LogP contribution is 2.14. The van der Waals surface area contributed by atoms with E-state index < -0.39 is 0 Å². The van der Waals surface area contributed by atoms with Crippen molar-refractivity contribution in [3.05, 3.63) is 60.2 Å². The van der Waals surface area contributed by atoms with Crippen LogP contribution >= 0.6 is 12.2 Å². The van der Waals surface area contributed by atoms with Crippen molar-refractivity contribution in [3.8, 4) is 5.75 Å². The quantitative estimate of drug-likeness (QED) is 0.851. The van der Waals surface area contributed by atoms with Gasteiger partial charge in [0.15, 0.2) is 5.11 Å². The Bertz CT molecular complexity index is 656. The normalized spacial score (nSPS) is 10.0. The molecule has 0 saturated carbocycles. The summed E-state index contributed by atoms with van der Waals surface area (Å²) in [5.74, 6) is 0.513. The van der Waals surface area contributed by atoms with Gasteiger partial charge in [-0.15, -0.1) is 0 Å². The standard InChI is InChI=1S/C18H20N2O2S/c1-3-20(15-8-6-5-7-9-15)18(23)19-17(21)14-10-12-16(13-11-14)22-4-2/h5-13H,3-4H2,1-2H3,(H,19,21,23). The fourth-order valence-corrected chi connectivity index (χ4v) is 2.48. The highest BCUT2D eigenvalue weighted by Gasteiger charge is 2.14. The van der Waals surface area contributed by atoms with Crippen LogP contribution in [0.25, 0.3) is 0 Å². The zero-order valence-electron chi connectivity index (χ0n) is 13.3. The number of ether oxygens (including phenoxy) is 1. The molecule has 0 radical (unpaired) electrons. The molecule has 4 nitrogen and oxygen atoms in total. The van der Waals surface area contributed by atoms with E-state index >= 15 is 0 Å². The lowest BCUT2D eigenvalue weighted by molar-refractivity contribution is 0.0977. The first kappa shape index (κ1) is 17.0. The first-order valence-electron chi connectivity index (χ1n) is 7.56. The highest BCUT2D eigenvalue weighted by molar-refractivity contribution is 7.80. The van der Waals surface area contributed by atoms with Crippen LogP contribution in [0.2, 0.25) is 0 Å². The molecule has 23 heavy (non-hydrogen) atoms. The molecule has 120 valence electrons. The number of carbonyl (C=O) groups is 1. The summed E-state index contributed by atoms with van der Waals surface area (Å²) in [6.07, 6.45) is 0. The maximum atomic E-state index is 12.3. The van der Waals surface area contributed by atoms with E-state index in [9.17, 15) is 4.79 Å². The molecule has 2 aromatic rings. The van der Waals surface area contributed by atoms with Gasteiger partial charge in [0.25, 0.3) is 5.91 Å². The molecule has 2 rings (SSSR count). The number of thiocarbonyl (C=S) groups is 1. The number of carbonyl (C=O) groups excluding carboxylic acids is 1. The number of rotatable bonds is 5. The summed E-state index contributed by atoms with van der Waals surface area (Å²) in [6, 6.07) is 16.7. The van der Waals surface area contributed by atoms with Gasteiger partial charge in [-0.2, -0.15) is 0 Å². The minimum atomic E-state index is -0.229. The van der Waals surface area contributed by atoms with Crippen LogP contribution in [0.4, 0.5) is 5.69 Å². The van der Waals surface area contributed by atoms with E-state index in [1.165, 1.54) is 0 Å². The van der Waals surface area contributed by atoms with Gasteiger partial charge in [0.05, 0.1) is 6.61 Å². The number of nitrogens with zero attached hydrogens (tertiary/aromatic N) is 1. The second-order valence-electron chi connectivity index (χ2n) is 4.80. The van der Waals surface area contributed by atoms with Crippen molar-refractivity contribution in [2.24, 2.45) is 0 Å². The van der Waals surface area contributed by atoms with Gasteiger partial charge < -0.3 is 9.64 Å². The second-order valence-corrected chi connectivity index (χ2v) is 5.18. The molecule has 1 amide bonds. The van der Waals surface area contributed by atoms with Gasteiger partial charge in [-0.3, -0.25) is 10.1 Å². The predicted molar refractivity (Wildman–Crippen MR) is 97.1 cm³/mol. The van der Waals surface area contributed by atoms with Crippen LogP contribution in [-0.4, -0.2) is 24.2 Å². The Kier molecular flexibility index (Phi) is 6.11. The van der Waals surface area contributed by atoms with Gasteiger partial charge in [0.2, 0.25) is 0 Å². The maximum absolute atomic E-state index is 12.3. The van der Waals surface area contributed by atoms with Crippen LogP contribution in [0.1, 0.15) is 24.2 Å². The monoisotopic (exact) mass is 328 g/mol. The first-order chi connectivity index (χ1) is 11.2. The van der Waals surface area contributed by atoms with Gasteiger partial charge in [-0.05, 0) is 62.5 Å². The van der Waals surface area contributed by atoms with E-state index in [0.29, 0.717) is 23.8 Å². The molecular formula is C18H20N2O2S. The maximum Gasteiger partial charge on any atom is 0.257 e. The summed E-state index contributed by atoms with van der Waals surface area (Å²) in [7, 11) is 0. The Balaban J connectivity index is 2.05. The molecule has 0 atom stereocenters. The van der Waals surface area contributed by atoms with Crippen molar-refractivity contribution in [2.45, 2.75) is 13.8 Å². The summed E-state index contributed by atoms with van der Waals surface area (Å²) >= 11 is 5.37. The summed E-state index contributed by atoms with van der Waals surface area (Å²) in [6.45, 7) is 5.18. The molecule has 0 fully saturated rings. The van der Waals surface area contributed by atoms with Crippen LogP contribution in [-0.2, 0) is 0 Å². The third-order valence-electron chi connectivity index (χ3n) is 3.28. The predicted octanol–water partition coefficient (Wildman–Crippen LogP) is 3.63. The lowest BCUT2D eigenvalue weighted by Crippen LogP contribution is -2.42. The number of para-hydroxylation sites is 1. The van der Waals surface area contributed by atoms with E-state index in [1.54, 1.807) is 24.3 Å². The van der Waals surface area contributed by atoms with E-state index in [-0.39, 0.29) is 5.91 Å². The fourth-order valence-electron chi connectivity index (χ4n) is 2.16. The zero-order chi connectivity index (χ0) is 16.7. The minimum Gasteiger partial charge on any atom is -0.494 e. The zero-order valence-corrected chi connectivity index (χ0v) is 14.1. The number of benzene rings is 2. The number of hydrogen-bond donors (Lipinski definition) is 1. The van der Waals surface area contributed by atoms with Gasteiger partial charge in [0, 0.05) is 17.8 Å². The third-order valence-corrected chi connectivity index (χ3v) is 3.60. The largest absolute Gasteiger partial charge is 0.494 e. The Hall–Kier alpha value is -2.40. The Labute approximate surface area is 142 Å². The number of anilines is 1. The van der Waals surface area contributed by atoms with Crippen molar-refractivity contribution in [2.75, 3.05) is 18.1 Å². The average molecular weight is 328 g/mol. The van der Waals surface area contributed by atoms with Crippen LogP contribution in [0.5, 0.6) is 5.75 Å². The van der Waals surface area contributed by atoms with Gasteiger partial charge >= 0.3 is 0 Å². The summed E-state index contributed by atoms with van der Waals surface area (Å²) in [4.78, 5) is 14.2. The number of hydrogen-bond acceptors (Lipinski definition) is 3. The molecule has 1 N–H and O–H groups in total. The Morgan fingerprint density at radius 1 is 1.09 bits per heavy atom. The molecule has 0 aliphatic heterocycles. The van der Waals surface area contributed by atoms with Gasteiger partial charge in [-0.1, -0.05) is 18.2 Å². The highest BCUT2D eigenvalue weighted by atomic mass is 32.1. The summed E-state index contributed by atoms with van der Waals surface area (Å²) in [5, 5.41) is 3.16. The van der Waals surface area contributed by atoms with Crippen LogP contribution in [0.15, 0.2) is 54.6 Å². The van der Waals surface area contributed by atoms with E-state index in [0.717, 1.165) is 11.4 Å². The van der Waals surface area contributed by atoms with Crippen LogP contribution in [0, 0.1) is 0 Å².